The summed E-state index contributed by atoms with van der Waals surface area (Å²) in [5.74, 6) is 0.460. The van der Waals surface area contributed by atoms with Crippen molar-refractivity contribution in [3.63, 3.8) is 0 Å². The number of hydrogen-bond donors (Lipinski definition) is 2. The van der Waals surface area contributed by atoms with Gasteiger partial charge in [0.15, 0.2) is 21.3 Å². The van der Waals surface area contributed by atoms with Gasteiger partial charge >= 0.3 is 0 Å². The van der Waals surface area contributed by atoms with Gasteiger partial charge in [-0.15, -0.1) is 12.4 Å². The Morgan fingerprint density at radius 1 is 1.12 bits per heavy atom. The molecule has 1 aliphatic rings. The Hall–Kier alpha value is -1.51. The van der Waals surface area contributed by atoms with Gasteiger partial charge in [-0.05, 0) is 25.1 Å². The van der Waals surface area contributed by atoms with Crippen LogP contribution in [0, 0.1) is 0 Å². The van der Waals surface area contributed by atoms with Gasteiger partial charge in [0.1, 0.15) is 13.2 Å². The van der Waals surface area contributed by atoms with E-state index in [9.17, 15) is 13.2 Å². The molecule has 0 saturated heterocycles. The van der Waals surface area contributed by atoms with Crippen LogP contribution in [0.3, 0.4) is 0 Å². The fourth-order valence-corrected chi connectivity index (χ4v) is 3.49. The molecule has 1 aromatic carbocycles. The van der Waals surface area contributed by atoms with Crippen LogP contribution in [0.15, 0.2) is 23.1 Å². The molecule has 0 fully saturated rings. The van der Waals surface area contributed by atoms with Crippen molar-refractivity contribution in [3.05, 3.63) is 18.2 Å². The van der Waals surface area contributed by atoms with E-state index in [2.05, 4.69) is 17.6 Å². The van der Waals surface area contributed by atoms with Gasteiger partial charge in [0, 0.05) is 25.6 Å². The van der Waals surface area contributed by atoms with Crippen LogP contribution < -0.4 is 20.1 Å². The highest BCUT2D eigenvalue weighted by atomic mass is 35.5. The fraction of sp³-hybridized carbons (Fsp3) is 0.562. The van der Waals surface area contributed by atoms with Crippen LogP contribution in [-0.4, -0.2) is 52.9 Å². The van der Waals surface area contributed by atoms with Crippen LogP contribution in [0.4, 0.5) is 0 Å². The summed E-state index contributed by atoms with van der Waals surface area (Å²) in [6.07, 6.45) is 0.965. The molecule has 142 valence electrons. The van der Waals surface area contributed by atoms with Crippen molar-refractivity contribution < 1.29 is 22.7 Å². The largest absolute Gasteiger partial charge is 0.486 e. The third kappa shape index (κ3) is 6.72. The topological polar surface area (TPSA) is 93.7 Å². The van der Waals surface area contributed by atoms with Crippen LogP contribution in [0.2, 0.25) is 0 Å². The number of carbonyl (C=O) groups excluding carboxylic acids is 1. The number of halogens is 1. The highest BCUT2D eigenvalue weighted by molar-refractivity contribution is 7.91. The van der Waals surface area contributed by atoms with E-state index in [1.807, 2.05) is 0 Å². The number of fused-ring (bicyclic) bond motifs is 1. The van der Waals surface area contributed by atoms with Gasteiger partial charge in [-0.25, -0.2) is 8.42 Å². The molecule has 2 rings (SSSR count). The number of carbonyl (C=O) groups is 1. The van der Waals surface area contributed by atoms with Gasteiger partial charge in [-0.1, -0.05) is 6.92 Å². The molecular formula is C16H25ClN2O5S. The van der Waals surface area contributed by atoms with Crippen LogP contribution in [-0.2, 0) is 14.6 Å². The summed E-state index contributed by atoms with van der Waals surface area (Å²) in [4.78, 5) is 11.9. The summed E-state index contributed by atoms with van der Waals surface area (Å²) in [7, 11) is -3.54. The molecule has 0 spiro atoms. The maximum Gasteiger partial charge on any atom is 0.221 e. The molecule has 0 aromatic heterocycles. The zero-order chi connectivity index (χ0) is 17.4. The Balaban J connectivity index is 0.00000312. The Morgan fingerprint density at radius 2 is 1.84 bits per heavy atom. The summed E-state index contributed by atoms with van der Waals surface area (Å²) in [6.45, 7) is 4.97. The molecule has 0 saturated carbocycles. The molecule has 1 amide bonds. The van der Waals surface area contributed by atoms with E-state index >= 15 is 0 Å². The van der Waals surface area contributed by atoms with E-state index in [-0.39, 0.29) is 35.4 Å². The number of ether oxygens (including phenoxy) is 2. The number of nitrogens with one attached hydrogen (secondary N) is 2. The highest BCUT2D eigenvalue weighted by Crippen LogP contribution is 2.32. The Kier molecular flexibility index (Phi) is 9.02. The second kappa shape index (κ2) is 10.5. The minimum atomic E-state index is -3.54. The zero-order valence-corrected chi connectivity index (χ0v) is 15.9. The number of hydrogen-bond acceptors (Lipinski definition) is 6. The summed E-state index contributed by atoms with van der Waals surface area (Å²) in [5, 5.41) is 5.86. The van der Waals surface area contributed by atoms with E-state index in [4.69, 9.17) is 9.47 Å². The quantitative estimate of drug-likeness (QED) is 0.612. The van der Waals surface area contributed by atoms with Gasteiger partial charge in [0.25, 0.3) is 0 Å². The van der Waals surface area contributed by atoms with Crippen molar-refractivity contribution >= 4 is 28.2 Å². The fourth-order valence-electron chi connectivity index (χ4n) is 2.24. The predicted molar refractivity (Wildman–Crippen MR) is 97.5 cm³/mol. The summed E-state index contributed by atoms with van der Waals surface area (Å²) >= 11 is 0. The lowest BCUT2D eigenvalue weighted by molar-refractivity contribution is -0.120. The number of rotatable bonds is 9. The van der Waals surface area contributed by atoms with Crippen molar-refractivity contribution in [2.24, 2.45) is 0 Å². The second-order valence-electron chi connectivity index (χ2n) is 5.47. The third-order valence-corrected chi connectivity index (χ3v) is 5.24. The molecule has 2 N–H and O–H groups in total. The first kappa shape index (κ1) is 21.5. The van der Waals surface area contributed by atoms with E-state index in [0.29, 0.717) is 37.8 Å². The highest BCUT2D eigenvalue weighted by Gasteiger charge is 2.20. The van der Waals surface area contributed by atoms with E-state index in [1.165, 1.54) is 12.1 Å². The number of amides is 1. The molecule has 25 heavy (non-hydrogen) atoms. The minimum absolute atomic E-state index is 0. The lowest BCUT2D eigenvalue weighted by atomic mass is 10.3. The molecule has 0 radical (unpaired) electrons. The van der Waals surface area contributed by atoms with Gasteiger partial charge in [-0.2, -0.15) is 0 Å². The molecule has 0 bridgehead atoms. The molecular weight excluding hydrogens is 368 g/mol. The normalized spacial score (nSPS) is 13.0. The lowest BCUT2D eigenvalue weighted by Gasteiger charge is -2.18. The van der Waals surface area contributed by atoms with Crippen LogP contribution >= 0.6 is 12.4 Å². The van der Waals surface area contributed by atoms with Crippen LogP contribution in [0.25, 0.3) is 0 Å². The minimum Gasteiger partial charge on any atom is -0.486 e. The van der Waals surface area contributed by atoms with E-state index < -0.39 is 9.84 Å². The first-order chi connectivity index (χ1) is 11.5. The monoisotopic (exact) mass is 392 g/mol. The maximum atomic E-state index is 12.3. The van der Waals surface area contributed by atoms with Crippen molar-refractivity contribution in [2.75, 3.05) is 38.6 Å². The van der Waals surface area contributed by atoms with Crippen LogP contribution in [0.1, 0.15) is 19.8 Å². The van der Waals surface area contributed by atoms with E-state index in [0.717, 1.165) is 13.0 Å². The SMILES string of the molecule is CCCNCCNC(=O)CCS(=O)(=O)c1ccc2c(c1)OCCO2.Cl. The molecule has 1 aromatic rings. The lowest BCUT2D eigenvalue weighted by Crippen LogP contribution is -2.33. The predicted octanol–water partition coefficient (Wildman–Crippen LogP) is 1.16. The molecule has 1 aliphatic heterocycles. The first-order valence-electron chi connectivity index (χ1n) is 8.13. The summed E-state index contributed by atoms with van der Waals surface area (Å²) < 4.78 is 35.5. The maximum absolute atomic E-state index is 12.3. The Bertz CT molecular complexity index is 666. The molecule has 1 heterocycles. The molecule has 9 heteroatoms. The van der Waals surface area contributed by atoms with Gasteiger partial charge in [0.2, 0.25) is 5.91 Å². The van der Waals surface area contributed by atoms with Crippen molar-refractivity contribution in [1.29, 1.82) is 0 Å². The van der Waals surface area contributed by atoms with E-state index in [1.54, 1.807) is 6.07 Å². The summed E-state index contributed by atoms with van der Waals surface area (Å²) in [5.41, 5.74) is 0. The Labute approximate surface area is 154 Å². The van der Waals surface area contributed by atoms with Gasteiger partial charge in [0.05, 0.1) is 10.6 Å². The summed E-state index contributed by atoms with van der Waals surface area (Å²) in [6, 6.07) is 4.52. The number of sulfone groups is 1. The third-order valence-electron chi connectivity index (χ3n) is 3.52. The van der Waals surface area contributed by atoms with Crippen molar-refractivity contribution in [3.8, 4) is 11.5 Å². The Morgan fingerprint density at radius 3 is 2.56 bits per heavy atom. The number of benzene rings is 1. The average Bonchev–Trinajstić information content (AvgIpc) is 2.59. The molecule has 7 nitrogen and oxygen atoms in total. The van der Waals surface area contributed by atoms with Crippen LogP contribution in [0.5, 0.6) is 11.5 Å². The second-order valence-corrected chi connectivity index (χ2v) is 7.58. The van der Waals surface area contributed by atoms with Crippen molar-refractivity contribution in [1.82, 2.24) is 10.6 Å². The first-order valence-corrected chi connectivity index (χ1v) is 9.78. The van der Waals surface area contributed by atoms with Gasteiger partial charge < -0.3 is 20.1 Å². The molecule has 0 unspecified atom stereocenters. The molecule has 0 atom stereocenters. The average molecular weight is 393 g/mol. The van der Waals surface area contributed by atoms with Crippen molar-refractivity contribution in [2.45, 2.75) is 24.7 Å². The molecule has 0 aliphatic carbocycles. The smallest absolute Gasteiger partial charge is 0.221 e. The van der Waals surface area contributed by atoms with Gasteiger partial charge in [-0.3, -0.25) is 4.79 Å². The zero-order valence-electron chi connectivity index (χ0n) is 14.2. The standard InChI is InChI=1S/C16H24N2O5S.ClH/c1-2-6-17-7-8-18-16(19)5-11-24(20,21)13-3-4-14-15(12-13)23-10-9-22-14;/h3-4,12,17H,2,5-11H2,1H3,(H,18,19);1H.